The van der Waals surface area contributed by atoms with Gasteiger partial charge >= 0.3 is 0 Å². The summed E-state index contributed by atoms with van der Waals surface area (Å²) in [5.41, 5.74) is 0.949. The number of benzene rings is 1. The lowest BCUT2D eigenvalue weighted by atomic mass is 10.00. The van der Waals surface area contributed by atoms with E-state index in [1.54, 1.807) is 6.07 Å². The van der Waals surface area contributed by atoms with Crippen LogP contribution < -0.4 is 5.32 Å². The monoisotopic (exact) mass is 311 g/mol. The second-order valence-corrected chi connectivity index (χ2v) is 5.85. The van der Waals surface area contributed by atoms with Crippen molar-refractivity contribution >= 4 is 23.2 Å². The highest BCUT2D eigenvalue weighted by atomic mass is 35.5. The Morgan fingerprint density at radius 1 is 1.35 bits per heavy atom. The Kier molecular flexibility index (Phi) is 4.24. The lowest BCUT2D eigenvalue weighted by Gasteiger charge is -2.18. The number of aromatic nitrogens is 2. The molecule has 0 radical (unpaired) electrons. The van der Waals surface area contributed by atoms with Gasteiger partial charge in [-0.2, -0.15) is 4.98 Å². The summed E-state index contributed by atoms with van der Waals surface area (Å²) in [4.78, 5) is 4.48. The molecule has 1 aromatic heterocycles. The molecule has 20 heavy (non-hydrogen) atoms. The van der Waals surface area contributed by atoms with Crippen LogP contribution in [0.15, 0.2) is 22.7 Å². The molecule has 6 heteroatoms. The van der Waals surface area contributed by atoms with E-state index in [1.807, 2.05) is 12.1 Å². The zero-order valence-corrected chi connectivity index (χ0v) is 12.4. The third kappa shape index (κ3) is 3.14. The number of halogens is 2. The minimum atomic E-state index is 0.325. The number of hydrogen-bond acceptors (Lipinski definition) is 4. The normalized spacial score (nSPS) is 19.2. The molecule has 1 N–H and O–H groups in total. The lowest BCUT2D eigenvalue weighted by Crippen LogP contribution is -2.28. The third-order valence-corrected chi connectivity index (χ3v) is 4.08. The minimum Gasteiger partial charge on any atom is -0.339 e. The molecule has 0 saturated carbocycles. The first kappa shape index (κ1) is 13.9. The Hall–Kier alpha value is -1.10. The number of nitrogens with zero attached hydrogens (tertiary/aromatic N) is 2. The smallest absolute Gasteiger partial charge is 0.231 e. The molecule has 0 amide bonds. The van der Waals surface area contributed by atoms with Gasteiger partial charge in [0.05, 0.1) is 5.92 Å². The molecule has 1 fully saturated rings. The Morgan fingerprint density at radius 2 is 2.25 bits per heavy atom. The van der Waals surface area contributed by atoms with E-state index in [2.05, 4.69) is 15.5 Å². The molecular weight excluding hydrogens is 297 g/mol. The fourth-order valence-electron chi connectivity index (χ4n) is 2.40. The number of hydrogen-bond donors (Lipinski definition) is 1. The SMILES string of the molecule is Clc1ccc(Cc2noc([C@@H]3CCCNC3)n2)c(Cl)c1. The molecule has 0 spiro atoms. The molecule has 0 bridgehead atoms. The largest absolute Gasteiger partial charge is 0.339 e. The lowest BCUT2D eigenvalue weighted by molar-refractivity contribution is 0.320. The van der Waals surface area contributed by atoms with Crippen molar-refractivity contribution < 1.29 is 4.52 Å². The van der Waals surface area contributed by atoms with Gasteiger partial charge in [0, 0.05) is 23.0 Å². The van der Waals surface area contributed by atoms with E-state index in [0.717, 1.165) is 37.4 Å². The molecule has 2 heterocycles. The van der Waals surface area contributed by atoms with E-state index in [-0.39, 0.29) is 0 Å². The Bertz CT molecular complexity index is 594. The predicted octanol–water partition coefficient (Wildman–Crippen LogP) is 3.43. The van der Waals surface area contributed by atoms with E-state index < -0.39 is 0 Å². The topological polar surface area (TPSA) is 51.0 Å². The summed E-state index contributed by atoms with van der Waals surface area (Å²) < 4.78 is 5.37. The molecule has 1 aliphatic rings. The molecule has 0 aliphatic carbocycles. The maximum Gasteiger partial charge on any atom is 0.231 e. The average molecular weight is 312 g/mol. The second-order valence-electron chi connectivity index (χ2n) is 5.00. The van der Waals surface area contributed by atoms with Crippen LogP contribution in [0.1, 0.15) is 36.0 Å². The Morgan fingerprint density at radius 3 is 3.00 bits per heavy atom. The highest BCUT2D eigenvalue weighted by Gasteiger charge is 2.21. The number of piperidine rings is 1. The zero-order chi connectivity index (χ0) is 13.9. The van der Waals surface area contributed by atoms with Gasteiger partial charge in [0.15, 0.2) is 5.82 Å². The van der Waals surface area contributed by atoms with Crippen molar-refractivity contribution in [3.8, 4) is 0 Å². The summed E-state index contributed by atoms with van der Waals surface area (Å²) in [6, 6.07) is 5.43. The summed E-state index contributed by atoms with van der Waals surface area (Å²) in [5.74, 6) is 1.71. The van der Waals surface area contributed by atoms with Gasteiger partial charge in [-0.15, -0.1) is 0 Å². The van der Waals surface area contributed by atoms with Crippen LogP contribution >= 0.6 is 23.2 Å². The van der Waals surface area contributed by atoms with Gasteiger partial charge in [0.1, 0.15) is 0 Å². The maximum atomic E-state index is 6.15. The van der Waals surface area contributed by atoms with Crippen LogP contribution in [0.4, 0.5) is 0 Å². The third-order valence-electron chi connectivity index (χ3n) is 3.49. The van der Waals surface area contributed by atoms with Crippen molar-refractivity contribution in [1.82, 2.24) is 15.5 Å². The fourth-order valence-corrected chi connectivity index (χ4v) is 2.88. The standard InChI is InChI=1S/C14H15Cl2N3O/c15-11-4-3-9(12(16)7-11)6-13-18-14(20-19-13)10-2-1-5-17-8-10/h3-4,7,10,17H,1-2,5-6,8H2/t10-/m1/s1. The van der Waals surface area contributed by atoms with Gasteiger partial charge in [0.2, 0.25) is 5.89 Å². The van der Waals surface area contributed by atoms with Gasteiger partial charge in [-0.25, -0.2) is 0 Å². The van der Waals surface area contributed by atoms with Crippen molar-refractivity contribution in [1.29, 1.82) is 0 Å². The van der Waals surface area contributed by atoms with Gasteiger partial charge in [-0.3, -0.25) is 0 Å². The molecule has 1 atom stereocenters. The van der Waals surface area contributed by atoms with Crippen LogP contribution in [-0.2, 0) is 6.42 Å². The summed E-state index contributed by atoms with van der Waals surface area (Å²) in [7, 11) is 0. The highest BCUT2D eigenvalue weighted by molar-refractivity contribution is 6.35. The van der Waals surface area contributed by atoms with Crippen molar-refractivity contribution in [2.45, 2.75) is 25.2 Å². The highest BCUT2D eigenvalue weighted by Crippen LogP contribution is 2.25. The molecule has 4 nitrogen and oxygen atoms in total. The van der Waals surface area contributed by atoms with Gasteiger partial charge in [-0.1, -0.05) is 34.4 Å². The first-order valence-electron chi connectivity index (χ1n) is 6.69. The molecule has 1 aliphatic heterocycles. The van der Waals surface area contributed by atoms with Crippen LogP contribution in [-0.4, -0.2) is 23.2 Å². The predicted molar refractivity (Wildman–Crippen MR) is 78.4 cm³/mol. The van der Waals surface area contributed by atoms with E-state index in [4.69, 9.17) is 27.7 Å². The molecule has 3 rings (SSSR count). The summed E-state index contributed by atoms with van der Waals surface area (Å²) in [6.45, 7) is 1.97. The molecule has 1 saturated heterocycles. The first-order chi connectivity index (χ1) is 9.72. The van der Waals surface area contributed by atoms with Crippen LogP contribution in [0.25, 0.3) is 0 Å². The summed E-state index contributed by atoms with van der Waals surface area (Å²) in [5, 5.41) is 8.64. The fraction of sp³-hybridized carbons (Fsp3) is 0.429. The zero-order valence-electron chi connectivity index (χ0n) is 10.9. The molecule has 106 valence electrons. The number of rotatable bonds is 3. The Labute approximate surface area is 127 Å². The van der Waals surface area contributed by atoms with Gasteiger partial charge in [0.25, 0.3) is 0 Å². The van der Waals surface area contributed by atoms with E-state index in [1.165, 1.54) is 0 Å². The van der Waals surface area contributed by atoms with E-state index >= 15 is 0 Å². The molecular formula is C14H15Cl2N3O. The van der Waals surface area contributed by atoms with Crippen LogP contribution in [0.3, 0.4) is 0 Å². The minimum absolute atomic E-state index is 0.325. The first-order valence-corrected chi connectivity index (χ1v) is 7.45. The van der Waals surface area contributed by atoms with E-state index in [9.17, 15) is 0 Å². The summed E-state index contributed by atoms with van der Waals surface area (Å²) >= 11 is 12.0. The second kappa shape index (κ2) is 6.12. The molecule has 2 aromatic rings. The molecule has 1 aromatic carbocycles. The van der Waals surface area contributed by atoms with Crippen LogP contribution in [0.5, 0.6) is 0 Å². The summed E-state index contributed by atoms with van der Waals surface area (Å²) in [6.07, 6.45) is 2.79. The average Bonchev–Trinajstić information content (AvgIpc) is 2.92. The van der Waals surface area contributed by atoms with Gasteiger partial charge < -0.3 is 9.84 Å². The Balaban J connectivity index is 1.73. The van der Waals surface area contributed by atoms with Crippen LogP contribution in [0.2, 0.25) is 10.0 Å². The van der Waals surface area contributed by atoms with E-state index in [0.29, 0.717) is 28.2 Å². The van der Waals surface area contributed by atoms with Crippen molar-refractivity contribution in [3.63, 3.8) is 0 Å². The van der Waals surface area contributed by atoms with Crippen LogP contribution in [0, 0.1) is 0 Å². The van der Waals surface area contributed by atoms with Crippen molar-refractivity contribution in [3.05, 3.63) is 45.5 Å². The van der Waals surface area contributed by atoms with Crippen molar-refractivity contribution in [2.24, 2.45) is 0 Å². The number of nitrogens with one attached hydrogen (secondary N) is 1. The maximum absolute atomic E-state index is 6.15. The quantitative estimate of drug-likeness (QED) is 0.943. The molecule has 0 unspecified atom stereocenters. The van der Waals surface area contributed by atoms with Crippen molar-refractivity contribution in [2.75, 3.05) is 13.1 Å². The van der Waals surface area contributed by atoms with Gasteiger partial charge in [-0.05, 0) is 37.1 Å².